The number of carboxylic acids is 1. The van der Waals surface area contributed by atoms with E-state index in [1.165, 1.54) is 18.5 Å². The largest absolute Gasteiger partial charge is 0.477 e. The number of hydrogen-bond acceptors (Lipinski definition) is 3. The number of aromatic carboxylic acids is 1. The third-order valence-electron chi connectivity index (χ3n) is 4.55. The van der Waals surface area contributed by atoms with Gasteiger partial charge in [0.05, 0.1) is 17.4 Å². The smallest absolute Gasteiger partial charge is 0.341 e. The molecule has 0 saturated heterocycles. The van der Waals surface area contributed by atoms with E-state index < -0.39 is 11.4 Å². The van der Waals surface area contributed by atoms with Crippen molar-refractivity contribution in [2.45, 2.75) is 6.54 Å². The first-order valence-electron chi connectivity index (χ1n) is 8.59. The highest BCUT2D eigenvalue weighted by Gasteiger charge is 2.14. The zero-order chi connectivity index (χ0) is 19.7. The summed E-state index contributed by atoms with van der Waals surface area (Å²) in [6.45, 7) is 0.401. The molecule has 2 aromatic heterocycles. The molecule has 0 atom stereocenters. The Morgan fingerprint density at radius 3 is 2.46 bits per heavy atom. The molecule has 0 spiro atoms. The lowest BCUT2D eigenvalue weighted by Crippen LogP contribution is -2.19. The molecule has 0 radical (unpaired) electrons. The van der Waals surface area contributed by atoms with E-state index in [0.29, 0.717) is 23.1 Å². The van der Waals surface area contributed by atoms with Crippen molar-refractivity contribution in [1.82, 2.24) is 9.55 Å². The number of rotatable bonds is 4. The van der Waals surface area contributed by atoms with Crippen LogP contribution in [-0.4, -0.2) is 20.6 Å². The molecular formula is C22H15FN2O3. The lowest BCUT2D eigenvalue weighted by atomic mass is 10.1. The highest BCUT2D eigenvalue weighted by molar-refractivity contribution is 5.92. The van der Waals surface area contributed by atoms with Crippen molar-refractivity contribution >= 4 is 16.9 Å². The Labute approximate surface area is 159 Å². The molecule has 1 N–H and O–H groups in total. The van der Waals surface area contributed by atoms with Crippen molar-refractivity contribution in [3.8, 4) is 11.3 Å². The molecule has 2 aromatic carbocycles. The van der Waals surface area contributed by atoms with Gasteiger partial charge in [-0.25, -0.2) is 9.18 Å². The Morgan fingerprint density at radius 2 is 1.79 bits per heavy atom. The Morgan fingerprint density at radius 1 is 1.04 bits per heavy atom. The molecule has 0 aliphatic rings. The van der Waals surface area contributed by atoms with Crippen molar-refractivity contribution in [1.29, 1.82) is 0 Å². The van der Waals surface area contributed by atoms with Crippen LogP contribution in [0.25, 0.3) is 22.2 Å². The number of carbonyl (C=O) groups is 1. The van der Waals surface area contributed by atoms with Crippen LogP contribution in [0, 0.1) is 5.82 Å². The molecule has 2 heterocycles. The fourth-order valence-corrected chi connectivity index (χ4v) is 3.15. The van der Waals surface area contributed by atoms with Gasteiger partial charge >= 0.3 is 5.97 Å². The lowest BCUT2D eigenvalue weighted by molar-refractivity contribution is 0.0695. The summed E-state index contributed by atoms with van der Waals surface area (Å²) in [5, 5.41) is 9.72. The fraction of sp³-hybridized carbons (Fsp3) is 0.0455. The van der Waals surface area contributed by atoms with Crippen LogP contribution in [0.5, 0.6) is 0 Å². The molecule has 0 aliphatic carbocycles. The minimum Gasteiger partial charge on any atom is -0.477 e. The molecule has 138 valence electrons. The molecular weight excluding hydrogens is 359 g/mol. The number of pyridine rings is 2. The first-order chi connectivity index (χ1) is 13.5. The second-order valence-electron chi connectivity index (χ2n) is 6.38. The highest BCUT2D eigenvalue weighted by Crippen LogP contribution is 2.19. The van der Waals surface area contributed by atoms with Gasteiger partial charge in [0.2, 0.25) is 5.43 Å². The maximum absolute atomic E-state index is 13.0. The van der Waals surface area contributed by atoms with Crippen molar-refractivity contribution < 1.29 is 14.3 Å². The van der Waals surface area contributed by atoms with Gasteiger partial charge in [-0.3, -0.25) is 9.78 Å². The predicted molar refractivity (Wildman–Crippen MR) is 104 cm³/mol. The molecule has 0 amide bonds. The van der Waals surface area contributed by atoms with E-state index in [1.54, 1.807) is 28.8 Å². The topological polar surface area (TPSA) is 72.2 Å². The standard InChI is InChI=1S/C22H15FN2O3/c23-16-9-10-19(24-11-16)15-7-5-14(6-8-15)12-25-13-18(22(27)28)21(26)17-3-1-2-4-20(17)25/h1-11,13H,12H2,(H,27,28). The number of hydrogen-bond donors (Lipinski definition) is 1. The van der Waals surface area contributed by atoms with Crippen LogP contribution in [-0.2, 0) is 6.54 Å². The van der Waals surface area contributed by atoms with Crippen LogP contribution in [0.1, 0.15) is 15.9 Å². The van der Waals surface area contributed by atoms with Crippen LogP contribution in [0.4, 0.5) is 4.39 Å². The number of halogens is 1. The Kier molecular flexibility index (Phi) is 4.45. The van der Waals surface area contributed by atoms with E-state index in [9.17, 15) is 19.1 Å². The molecule has 0 aliphatic heterocycles. The Balaban J connectivity index is 1.72. The second kappa shape index (κ2) is 7.08. The predicted octanol–water partition coefficient (Wildman–Crippen LogP) is 3.95. The second-order valence-corrected chi connectivity index (χ2v) is 6.38. The van der Waals surface area contributed by atoms with Gasteiger partial charge in [-0.2, -0.15) is 0 Å². The van der Waals surface area contributed by atoms with E-state index >= 15 is 0 Å². The van der Waals surface area contributed by atoms with Crippen molar-refractivity contribution in [2.24, 2.45) is 0 Å². The normalized spacial score (nSPS) is 10.9. The fourth-order valence-electron chi connectivity index (χ4n) is 3.15. The molecule has 6 heteroatoms. The van der Waals surface area contributed by atoms with Gasteiger partial charge in [0.1, 0.15) is 11.4 Å². The summed E-state index contributed by atoms with van der Waals surface area (Å²) in [7, 11) is 0. The molecule has 28 heavy (non-hydrogen) atoms. The Hall–Kier alpha value is -3.80. The number of fused-ring (bicyclic) bond motifs is 1. The first-order valence-corrected chi connectivity index (χ1v) is 8.59. The van der Waals surface area contributed by atoms with Gasteiger partial charge < -0.3 is 9.67 Å². The summed E-state index contributed by atoms with van der Waals surface area (Å²) in [5.41, 5.74) is 2.36. The summed E-state index contributed by atoms with van der Waals surface area (Å²) < 4.78 is 14.8. The van der Waals surface area contributed by atoms with E-state index in [2.05, 4.69) is 4.98 Å². The SMILES string of the molecule is O=C(O)c1cn(Cc2ccc(-c3ccc(F)cn3)cc2)c2ccccc2c1=O. The highest BCUT2D eigenvalue weighted by atomic mass is 19.1. The van der Waals surface area contributed by atoms with Crippen LogP contribution in [0.2, 0.25) is 0 Å². The third-order valence-corrected chi connectivity index (χ3v) is 4.55. The molecule has 0 fully saturated rings. The molecule has 0 saturated carbocycles. The molecule has 0 unspecified atom stereocenters. The summed E-state index contributed by atoms with van der Waals surface area (Å²) in [6.07, 6.45) is 2.55. The Bertz CT molecular complexity index is 1230. The van der Waals surface area contributed by atoms with E-state index in [1.807, 2.05) is 30.3 Å². The summed E-state index contributed by atoms with van der Waals surface area (Å²) >= 11 is 0. The molecule has 5 nitrogen and oxygen atoms in total. The van der Waals surface area contributed by atoms with E-state index in [-0.39, 0.29) is 11.4 Å². The third kappa shape index (κ3) is 3.27. The lowest BCUT2D eigenvalue weighted by Gasteiger charge is -2.13. The average molecular weight is 374 g/mol. The van der Waals surface area contributed by atoms with Crippen LogP contribution < -0.4 is 5.43 Å². The van der Waals surface area contributed by atoms with Gasteiger partial charge in [0, 0.05) is 23.7 Å². The quantitative estimate of drug-likeness (QED) is 0.587. The summed E-state index contributed by atoms with van der Waals surface area (Å²) in [4.78, 5) is 27.9. The maximum atomic E-state index is 13.0. The van der Waals surface area contributed by atoms with Gasteiger partial charge in [-0.15, -0.1) is 0 Å². The van der Waals surface area contributed by atoms with Gasteiger partial charge in [-0.05, 0) is 29.8 Å². The van der Waals surface area contributed by atoms with Crippen LogP contribution in [0.15, 0.2) is 77.9 Å². The number of aromatic nitrogens is 2. The van der Waals surface area contributed by atoms with Crippen LogP contribution in [0.3, 0.4) is 0 Å². The number of para-hydroxylation sites is 1. The maximum Gasteiger partial charge on any atom is 0.341 e. The minimum absolute atomic E-state index is 0.258. The zero-order valence-corrected chi connectivity index (χ0v) is 14.7. The minimum atomic E-state index is -1.25. The van der Waals surface area contributed by atoms with Crippen LogP contribution >= 0.6 is 0 Å². The number of nitrogens with zero attached hydrogens (tertiary/aromatic N) is 2. The molecule has 4 aromatic rings. The van der Waals surface area contributed by atoms with Gasteiger partial charge in [0.25, 0.3) is 0 Å². The average Bonchev–Trinajstić information content (AvgIpc) is 2.71. The van der Waals surface area contributed by atoms with Crippen molar-refractivity contribution in [3.63, 3.8) is 0 Å². The molecule has 4 rings (SSSR count). The monoisotopic (exact) mass is 374 g/mol. The van der Waals surface area contributed by atoms with Gasteiger partial charge in [-0.1, -0.05) is 36.4 Å². The number of benzene rings is 2. The summed E-state index contributed by atoms with van der Waals surface area (Å²) in [6, 6.07) is 17.4. The van der Waals surface area contributed by atoms with Crippen molar-refractivity contribution in [3.05, 3.63) is 100 Å². The van der Waals surface area contributed by atoms with E-state index in [4.69, 9.17) is 0 Å². The molecule has 0 bridgehead atoms. The van der Waals surface area contributed by atoms with Gasteiger partial charge in [0.15, 0.2) is 0 Å². The number of carboxylic acid groups (broad SMARTS) is 1. The first kappa shape index (κ1) is 17.6. The van der Waals surface area contributed by atoms with Crippen molar-refractivity contribution in [2.75, 3.05) is 0 Å². The summed E-state index contributed by atoms with van der Waals surface area (Å²) in [5.74, 6) is -1.64. The van der Waals surface area contributed by atoms with E-state index in [0.717, 1.165) is 11.1 Å². The zero-order valence-electron chi connectivity index (χ0n) is 14.7.